The zero-order valence-corrected chi connectivity index (χ0v) is 10.4. The van der Waals surface area contributed by atoms with E-state index in [0.29, 0.717) is 19.1 Å². The largest absolute Gasteiger partial charge is 0.385 e. The van der Waals surface area contributed by atoms with Gasteiger partial charge in [-0.3, -0.25) is 4.79 Å². The molecule has 1 rings (SSSR count). The topological polar surface area (TPSA) is 55.6 Å². The fourth-order valence-electron chi connectivity index (χ4n) is 2.28. The van der Waals surface area contributed by atoms with E-state index in [9.17, 15) is 4.79 Å². The van der Waals surface area contributed by atoms with Crippen LogP contribution >= 0.6 is 0 Å². The van der Waals surface area contributed by atoms with E-state index in [1.165, 1.54) is 19.3 Å². The Bertz CT molecular complexity index is 215. The Morgan fingerprint density at radius 3 is 2.62 bits per heavy atom. The monoisotopic (exact) mass is 228 g/mol. The van der Waals surface area contributed by atoms with Crippen LogP contribution in [-0.2, 0) is 9.53 Å². The third kappa shape index (κ3) is 3.76. The average molecular weight is 228 g/mol. The molecular formula is C12H24N2O2. The summed E-state index contributed by atoms with van der Waals surface area (Å²) >= 11 is 0. The molecule has 1 atom stereocenters. The maximum atomic E-state index is 12.0. The van der Waals surface area contributed by atoms with Crippen molar-refractivity contribution in [3.8, 4) is 0 Å². The molecule has 1 fully saturated rings. The highest BCUT2D eigenvalue weighted by Gasteiger charge is 2.25. The smallest absolute Gasteiger partial charge is 0.239 e. The molecule has 4 heteroatoms. The SMILES string of the molecule is COCCC(N)C(=O)N(C)C1CCCCC1. The van der Waals surface area contributed by atoms with Gasteiger partial charge in [-0.05, 0) is 19.3 Å². The molecular weight excluding hydrogens is 204 g/mol. The highest BCUT2D eigenvalue weighted by atomic mass is 16.5. The minimum absolute atomic E-state index is 0.0592. The van der Waals surface area contributed by atoms with Crippen LogP contribution in [0, 0.1) is 0 Å². The zero-order chi connectivity index (χ0) is 12.0. The maximum absolute atomic E-state index is 12.0. The summed E-state index contributed by atoms with van der Waals surface area (Å²) in [6.07, 6.45) is 6.62. The van der Waals surface area contributed by atoms with Crippen molar-refractivity contribution in [2.75, 3.05) is 20.8 Å². The van der Waals surface area contributed by atoms with Crippen molar-refractivity contribution in [3.63, 3.8) is 0 Å². The van der Waals surface area contributed by atoms with Gasteiger partial charge in [-0.15, -0.1) is 0 Å². The fourth-order valence-corrected chi connectivity index (χ4v) is 2.28. The summed E-state index contributed by atoms with van der Waals surface area (Å²) in [4.78, 5) is 13.8. The first-order chi connectivity index (χ1) is 7.66. The van der Waals surface area contributed by atoms with Crippen LogP contribution in [0.2, 0.25) is 0 Å². The Morgan fingerprint density at radius 1 is 1.44 bits per heavy atom. The van der Waals surface area contributed by atoms with Gasteiger partial charge < -0.3 is 15.4 Å². The van der Waals surface area contributed by atoms with Crippen molar-refractivity contribution in [2.24, 2.45) is 5.73 Å². The molecule has 0 heterocycles. The molecule has 4 nitrogen and oxygen atoms in total. The van der Waals surface area contributed by atoms with Gasteiger partial charge in [0.25, 0.3) is 0 Å². The van der Waals surface area contributed by atoms with Gasteiger partial charge >= 0.3 is 0 Å². The highest BCUT2D eigenvalue weighted by Crippen LogP contribution is 2.22. The van der Waals surface area contributed by atoms with Crippen molar-refractivity contribution in [1.29, 1.82) is 0 Å². The Morgan fingerprint density at radius 2 is 2.06 bits per heavy atom. The van der Waals surface area contributed by atoms with Crippen LogP contribution in [0.1, 0.15) is 38.5 Å². The summed E-state index contributed by atoms with van der Waals surface area (Å²) in [6.45, 7) is 0.547. The van der Waals surface area contributed by atoms with E-state index in [0.717, 1.165) is 12.8 Å². The number of ether oxygens (including phenoxy) is 1. The number of hydrogen-bond acceptors (Lipinski definition) is 3. The van der Waals surface area contributed by atoms with E-state index >= 15 is 0 Å². The fraction of sp³-hybridized carbons (Fsp3) is 0.917. The number of methoxy groups -OCH3 is 1. The first-order valence-corrected chi connectivity index (χ1v) is 6.18. The minimum atomic E-state index is -0.410. The van der Waals surface area contributed by atoms with E-state index in [1.807, 2.05) is 11.9 Å². The Labute approximate surface area is 98.1 Å². The summed E-state index contributed by atoms with van der Waals surface area (Å²) in [6, 6.07) is -0.0123. The Balaban J connectivity index is 2.38. The van der Waals surface area contributed by atoms with Crippen molar-refractivity contribution >= 4 is 5.91 Å². The van der Waals surface area contributed by atoms with E-state index in [1.54, 1.807) is 7.11 Å². The van der Waals surface area contributed by atoms with Crippen molar-refractivity contribution in [3.05, 3.63) is 0 Å². The van der Waals surface area contributed by atoms with Crippen LogP contribution < -0.4 is 5.73 Å². The second-order valence-electron chi connectivity index (χ2n) is 4.63. The molecule has 1 aliphatic rings. The predicted octanol–water partition coefficient (Wildman–Crippen LogP) is 1.14. The number of hydrogen-bond donors (Lipinski definition) is 1. The first kappa shape index (κ1) is 13.5. The molecule has 1 amide bonds. The van der Waals surface area contributed by atoms with Crippen LogP contribution in [0.15, 0.2) is 0 Å². The molecule has 2 N–H and O–H groups in total. The molecule has 0 bridgehead atoms. The van der Waals surface area contributed by atoms with Crippen molar-refractivity contribution in [2.45, 2.75) is 50.6 Å². The van der Waals surface area contributed by atoms with Gasteiger partial charge in [0.2, 0.25) is 5.91 Å². The number of carbonyl (C=O) groups excluding carboxylic acids is 1. The number of likely N-dealkylation sites (N-methyl/N-ethyl adjacent to an activating group) is 1. The molecule has 94 valence electrons. The predicted molar refractivity (Wildman–Crippen MR) is 64.1 cm³/mol. The second kappa shape index (κ2) is 6.86. The molecule has 0 aromatic carbocycles. The van der Waals surface area contributed by atoms with E-state index in [-0.39, 0.29) is 5.91 Å². The number of amides is 1. The summed E-state index contributed by atoms with van der Waals surface area (Å²) in [7, 11) is 3.51. The molecule has 0 aromatic heterocycles. The molecule has 0 spiro atoms. The van der Waals surface area contributed by atoms with Crippen molar-refractivity contribution < 1.29 is 9.53 Å². The lowest BCUT2D eigenvalue weighted by Crippen LogP contribution is -2.47. The Hall–Kier alpha value is -0.610. The molecule has 0 radical (unpaired) electrons. The standard InChI is InChI=1S/C12H24N2O2/c1-14(10-6-4-3-5-7-10)12(15)11(13)8-9-16-2/h10-11H,3-9,13H2,1-2H3. The summed E-state index contributed by atoms with van der Waals surface area (Å²) in [5.74, 6) is 0.0592. The first-order valence-electron chi connectivity index (χ1n) is 6.18. The van der Waals surface area contributed by atoms with Gasteiger partial charge in [0.05, 0.1) is 6.04 Å². The molecule has 0 aliphatic heterocycles. The lowest BCUT2D eigenvalue weighted by atomic mass is 9.94. The Kier molecular flexibility index (Phi) is 5.77. The second-order valence-corrected chi connectivity index (χ2v) is 4.63. The normalized spacial score (nSPS) is 19.4. The van der Waals surface area contributed by atoms with Crippen LogP contribution in [-0.4, -0.2) is 43.7 Å². The molecule has 16 heavy (non-hydrogen) atoms. The van der Waals surface area contributed by atoms with Crippen molar-refractivity contribution in [1.82, 2.24) is 4.90 Å². The minimum Gasteiger partial charge on any atom is -0.385 e. The molecule has 0 saturated heterocycles. The van der Waals surface area contributed by atoms with Gasteiger partial charge in [0.15, 0.2) is 0 Å². The number of nitrogens with zero attached hydrogens (tertiary/aromatic N) is 1. The lowest BCUT2D eigenvalue weighted by Gasteiger charge is -2.32. The summed E-state index contributed by atoms with van der Waals surface area (Å²) < 4.78 is 4.94. The highest BCUT2D eigenvalue weighted by molar-refractivity contribution is 5.81. The van der Waals surface area contributed by atoms with Crippen LogP contribution in [0.3, 0.4) is 0 Å². The van der Waals surface area contributed by atoms with E-state index in [2.05, 4.69) is 0 Å². The molecule has 1 unspecified atom stereocenters. The van der Waals surface area contributed by atoms with Gasteiger partial charge in [-0.25, -0.2) is 0 Å². The number of carbonyl (C=O) groups is 1. The molecule has 1 aliphatic carbocycles. The van der Waals surface area contributed by atoms with Gasteiger partial charge in [0.1, 0.15) is 0 Å². The third-order valence-electron chi connectivity index (χ3n) is 3.42. The van der Waals surface area contributed by atoms with E-state index in [4.69, 9.17) is 10.5 Å². The third-order valence-corrected chi connectivity index (χ3v) is 3.42. The van der Waals surface area contributed by atoms with Crippen LogP contribution in [0.25, 0.3) is 0 Å². The number of rotatable bonds is 5. The van der Waals surface area contributed by atoms with Crippen LogP contribution in [0.5, 0.6) is 0 Å². The van der Waals surface area contributed by atoms with E-state index < -0.39 is 6.04 Å². The number of nitrogens with two attached hydrogens (primary N) is 1. The van der Waals surface area contributed by atoms with Gasteiger partial charge in [-0.2, -0.15) is 0 Å². The van der Waals surface area contributed by atoms with Crippen LogP contribution in [0.4, 0.5) is 0 Å². The quantitative estimate of drug-likeness (QED) is 0.767. The van der Waals surface area contributed by atoms with Gasteiger partial charge in [0, 0.05) is 26.8 Å². The summed E-state index contributed by atoms with van der Waals surface area (Å²) in [5, 5.41) is 0. The molecule has 1 saturated carbocycles. The van der Waals surface area contributed by atoms with Gasteiger partial charge in [-0.1, -0.05) is 19.3 Å². The molecule has 0 aromatic rings. The maximum Gasteiger partial charge on any atom is 0.239 e. The lowest BCUT2D eigenvalue weighted by molar-refractivity contribution is -0.134. The zero-order valence-electron chi connectivity index (χ0n) is 10.4. The average Bonchev–Trinajstić information content (AvgIpc) is 2.35. The summed E-state index contributed by atoms with van der Waals surface area (Å²) in [5.41, 5.74) is 5.84.